The molecule has 0 unspecified atom stereocenters. The summed E-state index contributed by atoms with van der Waals surface area (Å²) in [5, 5.41) is 17.9. The number of nitro benzene ring substituents is 1. The average Bonchev–Trinajstić information content (AvgIpc) is 2.79. The average molecular weight is 345 g/mol. The first-order chi connectivity index (χ1) is 11.2. The number of rotatable bonds is 6. The third kappa shape index (κ3) is 4.40. The van der Waals surface area contributed by atoms with Crippen LogP contribution < -0.4 is 5.69 Å². The molecule has 0 N–H and O–H groups in total. The lowest BCUT2D eigenvalue weighted by atomic mass is 10.1. The Balaban J connectivity index is 2.08. The monoisotopic (exact) mass is 345 g/mol. The number of nitrogens with zero attached hydrogens (tertiary/aromatic N) is 5. The van der Waals surface area contributed by atoms with Crippen molar-refractivity contribution in [2.75, 3.05) is 0 Å². The van der Waals surface area contributed by atoms with Gasteiger partial charge in [0.05, 0.1) is 11.5 Å². The van der Waals surface area contributed by atoms with E-state index in [1.54, 1.807) is 13.0 Å². The second kappa shape index (κ2) is 6.81. The lowest BCUT2D eigenvalue weighted by molar-refractivity contribution is -0.385. The summed E-state index contributed by atoms with van der Waals surface area (Å²) in [4.78, 5) is 22.3. The Labute approximate surface area is 133 Å². The highest BCUT2D eigenvalue weighted by atomic mass is 19.4. The Bertz CT molecular complexity index is 797. The molecule has 11 heteroatoms. The number of alkyl halides is 3. The number of aromatic nitrogens is 4. The minimum Gasteiger partial charge on any atom is -0.258 e. The molecule has 0 aliphatic carbocycles. The molecule has 0 aliphatic heterocycles. The summed E-state index contributed by atoms with van der Waals surface area (Å²) >= 11 is 0. The van der Waals surface area contributed by atoms with Crippen molar-refractivity contribution in [3.63, 3.8) is 0 Å². The smallest absolute Gasteiger partial charge is 0.258 e. The number of hydrogen-bond donors (Lipinski definition) is 0. The van der Waals surface area contributed by atoms with Gasteiger partial charge in [0.15, 0.2) is 0 Å². The van der Waals surface area contributed by atoms with Crippen molar-refractivity contribution in [1.82, 2.24) is 19.8 Å². The Morgan fingerprint density at radius 2 is 1.92 bits per heavy atom. The summed E-state index contributed by atoms with van der Waals surface area (Å²) in [6.45, 7) is 1.41. The molecule has 0 bridgehead atoms. The van der Waals surface area contributed by atoms with Gasteiger partial charge in [0.2, 0.25) is 0 Å². The molecule has 0 saturated carbocycles. The number of aryl methyl sites for hydroxylation is 2. The maximum absolute atomic E-state index is 12.1. The third-order valence-electron chi connectivity index (χ3n) is 3.32. The molecule has 0 spiro atoms. The normalized spacial score (nSPS) is 11.7. The third-order valence-corrected chi connectivity index (χ3v) is 3.32. The number of nitro groups is 1. The number of benzene rings is 1. The van der Waals surface area contributed by atoms with Crippen LogP contribution in [0.2, 0.25) is 0 Å². The van der Waals surface area contributed by atoms with Crippen LogP contribution in [0.25, 0.3) is 0 Å². The largest absolute Gasteiger partial charge is 0.389 e. The van der Waals surface area contributed by atoms with Crippen molar-refractivity contribution < 1.29 is 18.1 Å². The van der Waals surface area contributed by atoms with Crippen LogP contribution in [-0.4, -0.2) is 30.9 Å². The minimum atomic E-state index is -4.28. The van der Waals surface area contributed by atoms with Gasteiger partial charge in [-0.2, -0.15) is 22.5 Å². The van der Waals surface area contributed by atoms with E-state index in [0.717, 1.165) is 9.36 Å². The second-order valence-corrected chi connectivity index (χ2v) is 5.24. The molecule has 0 saturated heterocycles. The van der Waals surface area contributed by atoms with E-state index >= 15 is 0 Å². The number of tetrazole rings is 1. The number of hydrogen-bond acceptors (Lipinski definition) is 5. The first-order valence-corrected chi connectivity index (χ1v) is 6.98. The molecule has 24 heavy (non-hydrogen) atoms. The predicted octanol–water partition coefficient (Wildman–Crippen LogP) is 2.05. The fourth-order valence-electron chi connectivity index (χ4n) is 2.17. The van der Waals surface area contributed by atoms with Gasteiger partial charge in [-0.05, 0) is 35.4 Å². The quantitative estimate of drug-likeness (QED) is 0.590. The Morgan fingerprint density at radius 1 is 1.25 bits per heavy atom. The van der Waals surface area contributed by atoms with Crippen molar-refractivity contribution in [2.45, 2.75) is 39.0 Å². The summed E-state index contributed by atoms with van der Waals surface area (Å²) < 4.78 is 38.2. The summed E-state index contributed by atoms with van der Waals surface area (Å²) in [6, 6.07) is 4.36. The van der Waals surface area contributed by atoms with Crippen molar-refractivity contribution >= 4 is 5.69 Å². The minimum absolute atomic E-state index is 0.0247. The lowest BCUT2D eigenvalue weighted by Gasteiger charge is -2.04. The molecule has 0 aliphatic rings. The van der Waals surface area contributed by atoms with E-state index in [4.69, 9.17) is 0 Å². The lowest BCUT2D eigenvalue weighted by Crippen LogP contribution is -2.26. The van der Waals surface area contributed by atoms with Gasteiger partial charge in [0, 0.05) is 24.6 Å². The van der Waals surface area contributed by atoms with Gasteiger partial charge in [0.1, 0.15) is 0 Å². The fraction of sp³-hybridized carbons (Fsp3) is 0.462. The van der Waals surface area contributed by atoms with Crippen LogP contribution in [0.5, 0.6) is 0 Å². The molecule has 0 atom stereocenters. The molecule has 0 fully saturated rings. The maximum atomic E-state index is 12.1. The summed E-state index contributed by atoms with van der Waals surface area (Å²) in [5.74, 6) is 0. The van der Waals surface area contributed by atoms with Gasteiger partial charge < -0.3 is 0 Å². The van der Waals surface area contributed by atoms with Gasteiger partial charge >= 0.3 is 11.9 Å². The fourth-order valence-corrected chi connectivity index (χ4v) is 2.17. The van der Waals surface area contributed by atoms with Crippen LogP contribution in [0.1, 0.15) is 24.0 Å². The molecule has 130 valence electrons. The number of halogens is 3. The van der Waals surface area contributed by atoms with E-state index in [9.17, 15) is 28.1 Å². The van der Waals surface area contributed by atoms with Crippen LogP contribution >= 0.6 is 0 Å². The van der Waals surface area contributed by atoms with E-state index in [0.29, 0.717) is 11.1 Å². The van der Waals surface area contributed by atoms with Gasteiger partial charge in [0.25, 0.3) is 5.69 Å². The van der Waals surface area contributed by atoms with E-state index in [2.05, 4.69) is 10.4 Å². The van der Waals surface area contributed by atoms with Gasteiger partial charge in [-0.15, -0.1) is 0 Å². The van der Waals surface area contributed by atoms with E-state index in [-0.39, 0.29) is 25.2 Å². The summed E-state index contributed by atoms with van der Waals surface area (Å²) in [5.41, 5.74) is 0.362. The van der Waals surface area contributed by atoms with Crippen LogP contribution in [0.4, 0.5) is 18.9 Å². The second-order valence-electron chi connectivity index (χ2n) is 5.24. The van der Waals surface area contributed by atoms with E-state index in [1.165, 1.54) is 12.1 Å². The van der Waals surface area contributed by atoms with E-state index in [1.807, 2.05) is 0 Å². The SMILES string of the molecule is Cc1cc(Cn2nnn(CCCC(F)(F)F)c2=O)ccc1[N+](=O)[O-]. The van der Waals surface area contributed by atoms with Crippen LogP contribution in [-0.2, 0) is 13.1 Å². The molecule has 2 aromatic rings. The zero-order chi connectivity index (χ0) is 17.9. The Kier molecular flexibility index (Phi) is 5.00. The van der Waals surface area contributed by atoms with Gasteiger partial charge in [-0.25, -0.2) is 4.79 Å². The van der Waals surface area contributed by atoms with Crippen LogP contribution in [0.3, 0.4) is 0 Å². The highest BCUT2D eigenvalue weighted by Crippen LogP contribution is 2.21. The molecular weight excluding hydrogens is 331 g/mol. The zero-order valence-electron chi connectivity index (χ0n) is 12.7. The van der Waals surface area contributed by atoms with Crippen LogP contribution in [0, 0.1) is 17.0 Å². The zero-order valence-corrected chi connectivity index (χ0v) is 12.7. The maximum Gasteiger partial charge on any atom is 0.389 e. The Hall–Kier alpha value is -2.72. The molecule has 2 rings (SSSR count). The van der Waals surface area contributed by atoms with Crippen molar-refractivity contribution in [3.05, 3.63) is 49.9 Å². The van der Waals surface area contributed by atoms with Crippen molar-refractivity contribution in [1.29, 1.82) is 0 Å². The first kappa shape index (κ1) is 17.6. The molecule has 8 nitrogen and oxygen atoms in total. The van der Waals surface area contributed by atoms with Crippen molar-refractivity contribution in [2.24, 2.45) is 0 Å². The van der Waals surface area contributed by atoms with Crippen molar-refractivity contribution in [3.8, 4) is 0 Å². The van der Waals surface area contributed by atoms with Gasteiger partial charge in [-0.3, -0.25) is 10.1 Å². The molecule has 0 radical (unpaired) electrons. The molecule has 1 heterocycles. The molecule has 0 amide bonds. The van der Waals surface area contributed by atoms with E-state index < -0.39 is 23.2 Å². The Morgan fingerprint density at radius 3 is 2.50 bits per heavy atom. The predicted molar refractivity (Wildman–Crippen MR) is 76.5 cm³/mol. The molecule has 1 aromatic carbocycles. The summed E-state index contributed by atoms with van der Waals surface area (Å²) in [7, 11) is 0. The molecule has 1 aromatic heterocycles. The highest BCUT2D eigenvalue weighted by Gasteiger charge is 2.26. The van der Waals surface area contributed by atoms with Crippen LogP contribution in [0.15, 0.2) is 23.0 Å². The summed E-state index contributed by atoms with van der Waals surface area (Å²) in [6.07, 6.45) is -5.55. The highest BCUT2D eigenvalue weighted by molar-refractivity contribution is 5.41. The topological polar surface area (TPSA) is 95.8 Å². The standard InChI is InChI=1S/C13H14F3N5O3/c1-9-7-10(3-4-11(9)21(23)24)8-20-12(22)19(17-18-20)6-2-5-13(14,15)16/h3-4,7H,2,5-6,8H2,1H3. The molecular formula is C13H14F3N5O3. The first-order valence-electron chi connectivity index (χ1n) is 6.98. The van der Waals surface area contributed by atoms with Gasteiger partial charge in [-0.1, -0.05) is 6.07 Å².